The molecule has 0 saturated heterocycles. The Labute approximate surface area is 124 Å². The number of rotatable bonds is 5. The minimum Gasteiger partial charge on any atom is -0.496 e. The van der Waals surface area contributed by atoms with Gasteiger partial charge in [0.2, 0.25) is 0 Å². The summed E-state index contributed by atoms with van der Waals surface area (Å²) in [5.41, 5.74) is 1.05. The molecule has 1 heterocycles. The topological polar surface area (TPSA) is 71.5 Å². The number of nitrogens with zero attached hydrogens (tertiary/aromatic N) is 1. The lowest BCUT2D eigenvalue weighted by Gasteiger charge is -2.11. The van der Waals surface area contributed by atoms with Crippen molar-refractivity contribution in [2.45, 2.75) is 6.54 Å². The zero-order valence-corrected chi connectivity index (χ0v) is 12.3. The van der Waals surface area contributed by atoms with Crippen molar-refractivity contribution in [2.75, 3.05) is 12.4 Å². The number of methoxy groups -OCH3 is 1. The standard InChI is InChI=1S/C14H13BrN2O3/c1-20-12-5-3-2-4-9(12)7-16-13-11(14(18)19)6-10(15)8-17-13/h2-6,8H,7H2,1H3,(H,16,17)(H,18,19). The average molecular weight is 337 g/mol. The van der Waals surface area contributed by atoms with Gasteiger partial charge in [-0.05, 0) is 28.1 Å². The molecule has 2 aromatic rings. The third-order valence-corrected chi connectivity index (χ3v) is 3.16. The van der Waals surface area contributed by atoms with Crippen LogP contribution in [0.3, 0.4) is 0 Å². The summed E-state index contributed by atoms with van der Waals surface area (Å²) in [7, 11) is 1.60. The van der Waals surface area contributed by atoms with Gasteiger partial charge < -0.3 is 15.2 Å². The summed E-state index contributed by atoms with van der Waals surface area (Å²) >= 11 is 3.21. The maximum Gasteiger partial charge on any atom is 0.339 e. The van der Waals surface area contributed by atoms with Crippen molar-refractivity contribution in [2.24, 2.45) is 0 Å². The summed E-state index contributed by atoms with van der Waals surface area (Å²) in [6.45, 7) is 0.429. The Morgan fingerprint density at radius 1 is 1.45 bits per heavy atom. The molecule has 0 unspecified atom stereocenters. The number of carboxylic acids is 1. The smallest absolute Gasteiger partial charge is 0.339 e. The number of carbonyl (C=O) groups is 1. The summed E-state index contributed by atoms with van der Waals surface area (Å²) in [5.74, 6) is 0.0434. The van der Waals surface area contributed by atoms with Crippen LogP contribution in [0.1, 0.15) is 15.9 Å². The van der Waals surface area contributed by atoms with Gasteiger partial charge in [0, 0.05) is 22.8 Å². The summed E-state index contributed by atoms with van der Waals surface area (Å²) in [4.78, 5) is 15.3. The fourth-order valence-electron chi connectivity index (χ4n) is 1.77. The SMILES string of the molecule is COc1ccccc1CNc1ncc(Br)cc1C(=O)O. The Morgan fingerprint density at radius 3 is 2.90 bits per heavy atom. The van der Waals surface area contributed by atoms with Crippen LogP contribution < -0.4 is 10.1 Å². The molecule has 0 aliphatic carbocycles. The monoisotopic (exact) mass is 336 g/mol. The van der Waals surface area contributed by atoms with Crippen molar-refractivity contribution >= 4 is 27.7 Å². The van der Waals surface area contributed by atoms with Crippen LogP contribution in [0.15, 0.2) is 41.0 Å². The Hall–Kier alpha value is -2.08. The molecule has 5 nitrogen and oxygen atoms in total. The molecule has 0 aliphatic heterocycles. The quantitative estimate of drug-likeness (QED) is 0.877. The first-order valence-electron chi connectivity index (χ1n) is 5.86. The predicted molar refractivity (Wildman–Crippen MR) is 79.2 cm³/mol. The molecular weight excluding hydrogens is 324 g/mol. The molecule has 0 bridgehead atoms. The highest BCUT2D eigenvalue weighted by Gasteiger charge is 2.12. The number of nitrogens with one attached hydrogen (secondary N) is 1. The number of hydrogen-bond donors (Lipinski definition) is 2. The zero-order valence-electron chi connectivity index (χ0n) is 10.8. The number of ether oxygens (including phenoxy) is 1. The van der Waals surface area contributed by atoms with E-state index in [2.05, 4.69) is 26.2 Å². The summed E-state index contributed by atoms with van der Waals surface area (Å²) in [5, 5.41) is 12.2. The lowest BCUT2D eigenvalue weighted by molar-refractivity contribution is 0.0697. The van der Waals surface area contributed by atoms with E-state index in [0.717, 1.165) is 11.3 Å². The van der Waals surface area contributed by atoms with Crippen molar-refractivity contribution in [1.82, 2.24) is 4.98 Å². The number of anilines is 1. The van der Waals surface area contributed by atoms with Crippen LogP contribution in [0.5, 0.6) is 5.75 Å². The Kier molecular flexibility index (Phi) is 4.57. The van der Waals surface area contributed by atoms with Gasteiger partial charge in [0.05, 0.1) is 7.11 Å². The van der Waals surface area contributed by atoms with E-state index in [0.29, 0.717) is 16.8 Å². The molecule has 0 saturated carbocycles. The van der Waals surface area contributed by atoms with Gasteiger partial charge in [0.15, 0.2) is 0 Å². The number of aromatic carboxylic acids is 1. The average Bonchev–Trinajstić information content (AvgIpc) is 2.46. The normalized spacial score (nSPS) is 10.1. The number of para-hydroxylation sites is 1. The molecule has 1 aromatic carbocycles. The van der Waals surface area contributed by atoms with E-state index in [1.54, 1.807) is 13.3 Å². The van der Waals surface area contributed by atoms with Crippen molar-refractivity contribution in [3.63, 3.8) is 0 Å². The minimum atomic E-state index is -1.03. The third kappa shape index (κ3) is 3.27. The van der Waals surface area contributed by atoms with Crippen LogP contribution in [0.25, 0.3) is 0 Å². The lowest BCUT2D eigenvalue weighted by atomic mass is 10.2. The number of halogens is 1. The van der Waals surface area contributed by atoms with Crippen molar-refractivity contribution < 1.29 is 14.6 Å². The van der Waals surface area contributed by atoms with E-state index in [4.69, 9.17) is 9.84 Å². The Bertz CT molecular complexity index is 632. The van der Waals surface area contributed by atoms with E-state index in [-0.39, 0.29) is 5.56 Å². The second kappa shape index (κ2) is 6.38. The molecule has 20 heavy (non-hydrogen) atoms. The fourth-order valence-corrected chi connectivity index (χ4v) is 2.10. The third-order valence-electron chi connectivity index (χ3n) is 2.72. The second-order valence-electron chi connectivity index (χ2n) is 4.02. The summed E-state index contributed by atoms with van der Waals surface area (Å²) in [6, 6.07) is 9.05. The molecule has 0 amide bonds. The largest absolute Gasteiger partial charge is 0.496 e. The highest BCUT2D eigenvalue weighted by molar-refractivity contribution is 9.10. The van der Waals surface area contributed by atoms with Crippen molar-refractivity contribution in [1.29, 1.82) is 0 Å². The van der Waals surface area contributed by atoms with Gasteiger partial charge in [-0.2, -0.15) is 0 Å². The highest BCUT2D eigenvalue weighted by atomic mass is 79.9. The maximum absolute atomic E-state index is 11.2. The van der Waals surface area contributed by atoms with E-state index >= 15 is 0 Å². The van der Waals surface area contributed by atoms with E-state index in [1.807, 2.05) is 24.3 Å². The first kappa shape index (κ1) is 14.3. The molecule has 0 aliphatic rings. The molecule has 2 rings (SSSR count). The van der Waals surface area contributed by atoms with Gasteiger partial charge in [0.25, 0.3) is 0 Å². The first-order chi connectivity index (χ1) is 9.61. The van der Waals surface area contributed by atoms with Crippen molar-refractivity contribution in [3.05, 3.63) is 52.1 Å². The molecule has 0 fully saturated rings. The second-order valence-corrected chi connectivity index (χ2v) is 4.94. The van der Waals surface area contributed by atoms with Crippen LogP contribution in [0, 0.1) is 0 Å². The van der Waals surface area contributed by atoms with Crippen LogP contribution in [-0.4, -0.2) is 23.2 Å². The number of aromatic nitrogens is 1. The van der Waals surface area contributed by atoms with Gasteiger partial charge in [0.1, 0.15) is 17.1 Å². The van der Waals surface area contributed by atoms with Crippen LogP contribution in [0.2, 0.25) is 0 Å². The lowest BCUT2D eigenvalue weighted by Crippen LogP contribution is -2.09. The van der Waals surface area contributed by atoms with Crippen LogP contribution >= 0.6 is 15.9 Å². The molecular formula is C14H13BrN2O3. The Morgan fingerprint density at radius 2 is 2.20 bits per heavy atom. The molecule has 0 atom stereocenters. The summed E-state index contributed by atoms with van der Waals surface area (Å²) in [6.07, 6.45) is 1.55. The number of carboxylic acid groups (broad SMARTS) is 1. The molecule has 1 aromatic heterocycles. The van der Waals surface area contributed by atoms with Gasteiger partial charge in [-0.1, -0.05) is 18.2 Å². The maximum atomic E-state index is 11.2. The first-order valence-corrected chi connectivity index (χ1v) is 6.65. The van der Waals surface area contributed by atoms with Crippen molar-refractivity contribution in [3.8, 4) is 5.75 Å². The molecule has 0 radical (unpaired) electrons. The van der Waals surface area contributed by atoms with E-state index < -0.39 is 5.97 Å². The predicted octanol–water partition coefficient (Wildman–Crippen LogP) is 3.16. The molecule has 104 valence electrons. The Balaban J connectivity index is 2.21. The van der Waals surface area contributed by atoms with Gasteiger partial charge in [-0.25, -0.2) is 9.78 Å². The fraction of sp³-hybridized carbons (Fsp3) is 0.143. The van der Waals surface area contributed by atoms with Gasteiger partial charge in [-0.3, -0.25) is 0 Å². The highest BCUT2D eigenvalue weighted by Crippen LogP contribution is 2.21. The van der Waals surface area contributed by atoms with Gasteiger partial charge >= 0.3 is 5.97 Å². The molecule has 0 spiro atoms. The number of pyridine rings is 1. The zero-order chi connectivity index (χ0) is 14.5. The number of hydrogen-bond acceptors (Lipinski definition) is 4. The van der Waals surface area contributed by atoms with Crippen LogP contribution in [0.4, 0.5) is 5.82 Å². The molecule has 6 heteroatoms. The minimum absolute atomic E-state index is 0.120. The number of benzene rings is 1. The van der Waals surface area contributed by atoms with E-state index in [9.17, 15) is 4.79 Å². The van der Waals surface area contributed by atoms with Crippen LogP contribution in [-0.2, 0) is 6.54 Å². The van der Waals surface area contributed by atoms with Gasteiger partial charge in [-0.15, -0.1) is 0 Å². The molecule has 2 N–H and O–H groups in total. The van der Waals surface area contributed by atoms with E-state index in [1.165, 1.54) is 6.07 Å². The summed E-state index contributed by atoms with van der Waals surface area (Å²) < 4.78 is 5.87.